The Labute approximate surface area is 83.0 Å². The van der Waals surface area contributed by atoms with Crippen molar-refractivity contribution in [1.82, 2.24) is 20.2 Å². The van der Waals surface area contributed by atoms with Crippen molar-refractivity contribution in [2.45, 2.75) is 0 Å². The van der Waals surface area contributed by atoms with Gasteiger partial charge in [-0.3, -0.25) is 0 Å². The summed E-state index contributed by atoms with van der Waals surface area (Å²) in [6.45, 7) is 0. The largest absolute Gasteiger partial charge is 0.434 e. The molecule has 0 aliphatic heterocycles. The molecule has 1 aromatic carbocycles. The van der Waals surface area contributed by atoms with Gasteiger partial charge in [-0.2, -0.15) is 0 Å². The van der Waals surface area contributed by atoms with E-state index in [4.69, 9.17) is 4.42 Å². The number of fused-ring (bicyclic) bond motifs is 1. The molecule has 2 aromatic heterocycles. The lowest BCUT2D eigenvalue weighted by atomic mass is 10.3. The fourth-order valence-corrected chi connectivity index (χ4v) is 1.39. The summed E-state index contributed by atoms with van der Waals surface area (Å²) < 4.78 is 4.78. The fraction of sp³-hybridized carbons (Fsp3) is 0. The van der Waals surface area contributed by atoms with Crippen LogP contribution in [0, 0.1) is 0 Å². The van der Waals surface area contributed by atoms with E-state index in [1.165, 1.54) is 0 Å². The smallest absolute Gasteiger partial charge is 0.384 e. The molecule has 15 heavy (non-hydrogen) atoms. The summed E-state index contributed by atoms with van der Waals surface area (Å²) in [5.74, 6) is 0.0104. The number of aromatic nitrogens is 4. The molecule has 6 nitrogen and oxygen atoms in total. The minimum Gasteiger partial charge on any atom is -0.384 e. The van der Waals surface area contributed by atoms with Gasteiger partial charge < -0.3 is 9.40 Å². The molecular formula is C9H6N4O2. The molecule has 2 N–H and O–H groups in total. The summed E-state index contributed by atoms with van der Waals surface area (Å²) in [5, 5.41) is 5.86. The SMILES string of the molecule is O=c1[nH]nc(-c2nc3ccccc3[nH]2)o1. The lowest BCUT2D eigenvalue weighted by molar-refractivity contribution is 0.524. The first-order valence-corrected chi connectivity index (χ1v) is 4.33. The number of H-pyrrole nitrogens is 2. The number of hydrogen-bond acceptors (Lipinski definition) is 4. The molecule has 0 aliphatic rings. The van der Waals surface area contributed by atoms with Crippen LogP contribution in [0.5, 0.6) is 0 Å². The van der Waals surface area contributed by atoms with Crippen LogP contribution in [0.15, 0.2) is 33.5 Å². The minimum atomic E-state index is -0.592. The van der Waals surface area contributed by atoms with Gasteiger partial charge in [-0.25, -0.2) is 14.9 Å². The molecule has 0 bridgehead atoms. The standard InChI is InChI=1S/C9H6N4O2/c14-9-13-12-8(15-9)7-10-5-3-1-2-4-6(5)11-7/h1-4H,(H,10,11)(H,13,14). The summed E-state index contributed by atoms with van der Waals surface area (Å²) in [6.07, 6.45) is 0. The van der Waals surface area contributed by atoms with Gasteiger partial charge >= 0.3 is 5.76 Å². The van der Waals surface area contributed by atoms with E-state index in [2.05, 4.69) is 20.2 Å². The van der Waals surface area contributed by atoms with Crippen LogP contribution in [-0.4, -0.2) is 20.2 Å². The van der Waals surface area contributed by atoms with Crippen LogP contribution in [0.1, 0.15) is 0 Å². The average molecular weight is 202 g/mol. The number of rotatable bonds is 1. The number of imidazole rings is 1. The van der Waals surface area contributed by atoms with Crippen molar-refractivity contribution < 1.29 is 4.42 Å². The normalized spacial score (nSPS) is 10.9. The Kier molecular flexibility index (Phi) is 1.49. The first kappa shape index (κ1) is 7.98. The molecule has 0 saturated carbocycles. The van der Waals surface area contributed by atoms with Crippen LogP contribution >= 0.6 is 0 Å². The lowest BCUT2D eigenvalue weighted by Crippen LogP contribution is -1.93. The molecule has 0 unspecified atom stereocenters. The molecule has 3 rings (SSSR count). The van der Waals surface area contributed by atoms with Gasteiger partial charge in [-0.1, -0.05) is 12.1 Å². The van der Waals surface area contributed by atoms with E-state index >= 15 is 0 Å². The van der Waals surface area contributed by atoms with Gasteiger partial charge in [0.1, 0.15) is 0 Å². The highest BCUT2D eigenvalue weighted by Crippen LogP contribution is 2.16. The van der Waals surface area contributed by atoms with Gasteiger partial charge in [0, 0.05) is 0 Å². The summed E-state index contributed by atoms with van der Waals surface area (Å²) in [5.41, 5.74) is 1.68. The zero-order valence-corrected chi connectivity index (χ0v) is 7.52. The van der Waals surface area contributed by atoms with Crippen LogP contribution < -0.4 is 5.76 Å². The van der Waals surface area contributed by atoms with Crippen LogP contribution in [0.4, 0.5) is 0 Å². The first-order valence-electron chi connectivity index (χ1n) is 4.33. The zero-order chi connectivity index (χ0) is 10.3. The van der Waals surface area contributed by atoms with Gasteiger partial charge in [-0.15, -0.1) is 5.10 Å². The van der Waals surface area contributed by atoms with Crippen LogP contribution in [0.3, 0.4) is 0 Å². The van der Waals surface area contributed by atoms with E-state index in [1.54, 1.807) is 0 Å². The molecular weight excluding hydrogens is 196 g/mol. The Hall–Kier alpha value is -2.37. The molecule has 0 saturated heterocycles. The molecule has 0 fully saturated rings. The van der Waals surface area contributed by atoms with Crippen LogP contribution in [-0.2, 0) is 0 Å². The number of aromatic amines is 2. The van der Waals surface area contributed by atoms with Gasteiger partial charge in [0.25, 0.3) is 5.89 Å². The van der Waals surface area contributed by atoms with E-state index in [0.29, 0.717) is 5.82 Å². The van der Waals surface area contributed by atoms with Crippen molar-refractivity contribution in [3.8, 4) is 11.7 Å². The third-order valence-electron chi connectivity index (χ3n) is 2.03. The maximum absolute atomic E-state index is 10.8. The predicted molar refractivity (Wildman–Crippen MR) is 52.2 cm³/mol. The highest BCUT2D eigenvalue weighted by molar-refractivity contribution is 5.77. The highest BCUT2D eigenvalue weighted by atomic mass is 16.4. The first-order chi connectivity index (χ1) is 7.33. The van der Waals surface area contributed by atoms with E-state index in [9.17, 15) is 4.79 Å². The Bertz CT molecular complexity index is 631. The Morgan fingerprint density at radius 1 is 1.27 bits per heavy atom. The van der Waals surface area contributed by atoms with Crippen molar-refractivity contribution in [3.05, 3.63) is 34.8 Å². The Morgan fingerprint density at radius 3 is 2.87 bits per heavy atom. The molecule has 74 valence electrons. The molecule has 0 radical (unpaired) electrons. The number of para-hydroxylation sites is 2. The van der Waals surface area contributed by atoms with E-state index < -0.39 is 5.76 Å². The van der Waals surface area contributed by atoms with Gasteiger partial charge in [0.05, 0.1) is 11.0 Å². The molecule has 0 spiro atoms. The number of nitrogens with zero attached hydrogens (tertiary/aromatic N) is 2. The van der Waals surface area contributed by atoms with Crippen molar-refractivity contribution in [1.29, 1.82) is 0 Å². The minimum absolute atomic E-state index is 0.163. The third kappa shape index (κ3) is 1.23. The summed E-state index contributed by atoms with van der Waals surface area (Å²) in [7, 11) is 0. The Morgan fingerprint density at radius 2 is 2.13 bits per heavy atom. The second kappa shape index (κ2) is 2.81. The van der Waals surface area contributed by atoms with Crippen molar-refractivity contribution in [2.24, 2.45) is 0 Å². The molecule has 0 amide bonds. The molecule has 3 aromatic rings. The summed E-state index contributed by atoms with van der Waals surface area (Å²) >= 11 is 0. The average Bonchev–Trinajstić information content (AvgIpc) is 2.82. The second-order valence-electron chi connectivity index (χ2n) is 3.02. The quantitative estimate of drug-likeness (QED) is 0.613. The molecule has 0 aliphatic carbocycles. The maximum atomic E-state index is 10.8. The number of hydrogen-bond donors (Lipinski definition) is 2. The van der Waals surface area contributed by atoms with Crippen molar-refractivity contribution in [2.75, 3.05) is 0 Å². The number of nitrogens with one attached hydrogen (secondary N) is 2. The van der Waals surface area contributed by atoms with Gasteiger partial charge in [0.2, 0.25) is 0 Å². The van der Waals surface area contributed by atoms with Crippen molar-refractivity contribution in [3.63, 3.8) is 0 Å². The highest BCUT2D eigenvalue weighted by Gasteiger charge is 2.09. The summed E-state index contributed by atoms with van der Waals surface area (Å²) in [4.78, 5) is 18.0. The second-order valence-corrected chi connectivity index (χ2v) is 3.02. The topological polar surface area (TPSA) is 87.6 Å². The lowest BCUT2D eigenvalue weighted by Gasteiger charge is -1.82. The Balaban J connectivity index is 2.24. The zero-order valence-electron chi connectivity index (χ0n) is 7.52. The fourth-order valence-electron chi connectivity index (χ4n) is 1.39. The van der Waals surface area contributed by atoms with Gasteiger partial charge in [-0.05, 0) is 12.1 Å². The van der Waals surface area contributed by atoms with Crippen LogP contribution in [0.25, 0.3) is 22.7 Å². The van der Waals surface area contributed by atoms with E-state index in [1.807, 2.05) is 24.3 Å². The van der Waals surface area contributed by atoms with Crippen molar-refractivity contribution >= 4 is 11.0 Å². The maximum Gasteiger partial charge on any atom is 0.434 e. The monoisotopic (exact) mass is 202 g/mol. The summed E-state index contributed by atoms with van der Waals surface area (Å²) in [6, 6.07) is 7.52. The molecule has 2 heterocycles. The predicted octanol–water partition coefficient (Wildman–Crippen LogP) is 0.906. The van der Waals surface area contributed by atoms with E-state index in [0.717, 1.165) is 11.0 Å². The van der Waals surface area contributed by atoms with E-state index in [-0.39, 0.29) is 5.89 Å². The third-order valence-corrected chi connectivity index (χ3v) is 2.03. The van der Waals surface area contributed by atoms with Crippen LogP contribution in [0.2, 0.25) is 0 Å². The molecule has 6 heteroatoms. The molecule has 0 atom stereocenters. The van der Waals surface area contributed by atoms with Gasteiger partial charge in [0.15, 0.2) is 5.82 Å². The number of benzene rings is 1.